The van der Waals surface area contributed by atoms with E-state index in [-0.39, 0.29) is 0 Å². The van der Waals surface area contributed by atoms with Crippen molar-refractivity contribution in [3.8, 4) is 0 Å². The second-order valence-corrected chi connectivity index (χ2v) is 4.70. The van der Waals surface area contributed by atoms with E-state index in [1.165, 1.54) is 0 Å². The highest BCUT2D eigenvalue weighted by Gasteiger charge is 2.42. The minimum atomic E-state index is 0.409. The molecule has 3 aliphatic rings. The summed E-state index contributed by atoms with van der Waals surface area (Å²) in [4.78, 5) is 13.8. The highest BCUT2D eigenvalue weighted by molar-refractivity contribution is 5.81. The number of carbonyl (C=O) groups is 1. The maximum absolute atomic E-state index is 11.7. The first kappa shape index (κ1) is 7.80. The Kier molecular flexibility index (Phi) is 1.62. The topological polar surface area (TPSA) is 32.3 Å². The van der Waals surface area contributed by atoms with Crippen LogP contribution in [0.5, 0.6) is 0 Å². The highest BCUT2D eigenvalue weighted by atomic mass is 16.2. The van der Waals surface area contributed by atoms with Gasteiger partial charge in [-0.15, -0.1) is 0 Å². The van der Waals surface area contributed by atoms with Crippen LogP contribution < -0.4 is 5.32 Å². The molecule has 3 nitrogen and oxygen atoms in total. The van der Waals surface area contributed by atoms with E-state index in [0.717, 1.165) is 50.9 Å². The molecule has 13 heavy (non-hydrogen) atoms. The Morgan fingerprint density at radius 3 is 2.31 bits per heavy atom. The van der Waals surface area contributed by atoms with Crippen molar-refractivity contribution in [1.82, 2.24) is 10.2 Å². The second-order valence-electron chi connectivity index (χ2n) is 4.70. The van der Waals surface area contributed by atoms with Crippen LogP contribution in [0.4, 0.5) is 0 Å². The fraction of sp³-hybridized carbons (Fsp3) is 0.900. The van der Waals surface area contributed by atoms with E-state index in [1.54, 1.807) is 0 Å². The Bertz CT molecular complexity index is 225. The molecule has 0 aromatic rings. The first-order valence-corrected chi connectivity index (χ1v) is 5.34. The molecule has 1 N–H and O–H groups in total. The third kappa shape index (κ3) is 1.26. The van der Waals surface area contributed by atoms with Crippen LogP contribution in [-0.4, -0.2) is 37.0 Å². The molecule has 2 saturated heterocycles. The van der Waals surface area contributed by atoms with Gasteiger partial charge in [0.25, 0.3) is 0 Å². The number of fused-ring (bicyclic) bond motifs is 1. The van der Waals surface area contributed by atoms with Gasteiger partial charge < -0.3 is 10.2 Å². The Morgan fingerprint density at radius 1 is 1.15 bits per heavy atom. The van der Waals surface area contributed by atoms with E-state index in [4.69, 9.17) is 0 Å². The van der Waals surface area contributed by atoms with Crippen LogP contribution in [0.3, 0.4) is 0 Å². The van der Waals surface area contributed by atoms with E-state index >= 15 is 0 Å². The number of likely N-dealkylation sites (tertiary alicyclic amines) is 1. The third-order valence-corrected chi connectivity index (χ3v) is 3.63. The van der Waals surface area contributed by atoms with Crippen molar-refractivity contribution in [2.45, 2.75) is 12.8 Å². The molecule has 1 amide bonds. The lowest BCUT2D eigenvalue weighted by Crippen LogP contribution is -2.32. The monoisotopic (exact) mass is 180 g/mol. The van der Waals surface area contributed by atoms with E-state index < -0.39 is 0 Å². The summed E-state index contributed by atoms with van der Waals surface area (Å²) in [5.41, 5.74) is 0. The van der Waals surface area contributed by atoms with Crippen molar-refractivity contribution in [2.75, 3.05) is 26.2 Å². The van der Waals surface area contributed by atoms with Crippen molar-refractivity contribution in [1.29, 1.82) is 0 Å². The molecule has 72 valence electrons. The summed E-state index contributed by atoms with van der Waals surface area (Å²) in [6.07, 6.45) is 2.28. The van der Waals surface area contributed by atoms with Gasteiger partial charge in [-0.2, -0.15) is 0 Å². The Morgan fingerprint density at radius 2 is 1.77 bits per heavy atom. The fourth-order valence-electron chi connectivity index (χ4n) is 2.62. The number of rotatable bonds is 1. The van der Waals surface area contributed by atoms with Crippen LogP contribution in [0.1, 0.15) is 12.8 Å². The maximum Gasteiger partial charge on any atom is 0.225 e. The summed E-state index contributed by atoms with van der Waals surface area (Å²) in [7, 11) is 0. The summed E-state index contributed by atoms with van der Waals surface area (Å²) >= 11 is 0. The van der Waals surface area contributed by atoms with E-state index in [2.05, 4.69) is 10.2 Å². The molecule has 1 aliphatic carbocycles. The van der Waals surface area contributed by atoms with Crippen LogP contribution >= 0.6 is 0 Å². The van der Waals surface area contributed by atoms with Gasteiger partial charge in [-0.1, -0.05) is 0 Å². The minimum Gasteiger partial charge on any atom is -0.342 e. The summed E-state index contributed by atoms with van der Waals surface area (Å²) in [5.74, 6) is 2.35. The minimum absolute atomic E-state index is 0.409. The largest absolute Gasteiger partial charge is 0.342 e. The first-order chi connectivity index (χ1) is 6.34. The van der Waals surface area contributed by atoms with Gasteiger partial charge in [0.2, 0.25) is 5.91 Å². The van der Waals surface area contributed by atoms with Gasteiger partial charge in [-0.25, -0.2) is 0 Å². The zero-order valence-corrected chi connectivity index (χ0v) is 7.83. The smallest absolute Gasteiger partial charge is 0.225 e. The van der Waals surface area contributed by atoms with Crippen LogP contribution in [0.2, 0.25) is 0 Å². The molecule has 2 aliphatic heterocycles. The fourth-order valence-corrected chi connectivity index (χ4v) is 2.62. The molecule has 2 heterocycles. The van der Waals surface area contributed by atoms with Crippen molar-refractivity contribution in [3.05, 3.63) is 0 Å². The van der Waals surface area contributed by atoms with Crippen molar-refractivity contribution in [3.63, 3.8) is 0 Å². The molecular weight excluding hydrogens is 164 g/mol. The Balaban J connectivity index is 1.65. The van der Waals surface area contributed by atoms with Crippen molar-refractivity contribution in [2.24, 2.45) is 17.8 Å². The molecule has 3 heteroatoms. The summed E-state index contributed by atoms with van der Waals surface area (Å²) in [6, 6.07) is 0. The zero-order chi connectivity index (χ0) is 8.84. The Hall–Kier alpha value is -0.570. The SMILES string of the molecule is O=C(C1CC1)N1C[C@H]2CNC[C@H]2C1. The van der Waals surface area contributed by atoms with Crippen LogP contribution in [0, 0.1) is 17.8 Å². The molecule has 1 saturated carbocycles. The zero-order valence-electron chi connectivity index (χ0n) is 7.83. The number of hydrogen-bond donors (Lipinski definition) is 1. The number of nitrogens with zero attached hydrogens (tertiary/aromatic N) is 1. The van der Waals surface area contributed by atoms with E-state index in [1.807, 2.05) is 0 Å². The lowest BCUT2D eigenvalue weighted by Gasteiger charge is -2.16. The normalized spacial score (nSPS) is 38.0. The standard InChI is InChI=1S/C10H16N2O/c13-10(7-1-2-7)12-5-8-3-11-4-9(8)6-12/h7-9,11H,1-6H2/t8-,9+. The summed E-state index contributed by atoms with van der Waals surface area (Å²) < 4.78 is 0. The van der Waals surface area contributed by atoms with Gasteiger partial charge in [0.05, 0.1) is 0 Å². The molecule has 3 fully saturated rings. The number of nitrogens with one attached hydrogen (secondary N) is 1. The molecule has 0 spiro atoms. The molecular formula is C10H16N2O. The lowest BCUT2D eigenvalue weighted by atomic mass is 10.0. The molecule has 3 rings (SSSR count). The lowest BCUT2D eigenvalue weighted by molar-refractivity contribution is -0.131. The molecule has 0 aromatic heterocycles. The number of carbonyl (C=O) groups excluding carboxylic acids is 1. The number of amides is 1. The predicted molar refractivity (Wildman–Crippen MR) is 49.2 cm³/mol. The quantitative estimate of drug-likeness (QED) is 0.619. The van der Waals surface area contributed by atoms with E-state index in [0.29, 0.717) is 11.8 Å². The molecule has 0 unspecified atom stereocenters. The summed E-state index contributed by atoms with van der Waals surface area (Å²) in [6.45, 7) is 4.29. The molecule has 0 radical (unpaired) electrons. The number of hydrogen-bond acceptors (Lipinski definition) is 2. The third-order valence-electron chi connectivity index (χ3n) is 3.63. The van der Waals surface area contributed by atoms with Gasteiger partial charge in [-0.3, -0.25) is 4.79 Å². The second kappa shape index (κ2) is 2.71. The average Bonchev–Trinajstić information content (AvgIpc) is 2.73. The van der Waals surface area contributed by atoms with E-state index in [9.17, 15) is 4.79 Å². The molecule has 2 atom stereocenters. The van der Waals surface area contributed by atoms with Crippen LogP contribution in [-0.2, 0) is 4.79 Å². The van der Waals surface area contributed by atoms with Gasteiger partial charge in [0.15, 0.2) is 0 Å². The van der Waals surface area contributed by atoms with Gasteiger partial charge >= 0.3 is 0 Å². The average molecular weight is 180 g/mol. The Labute approximate surface area is 78.5 Å². The van der Waals surface area contributed by atoms with Crippen molar-refractivity contribution < 1.29 is 4.79 Å². The van der Waals surface area contributed by atoms with Gasteiger partial charge in [0, 0.05) is 32.1 Å². The maximum atomic E-state index is 11.7. The van der Waals surface area contributed by atoms with Crippen LogP contribution in [0.15, 0.2) is 0 Å². The van der Waals surface area contributed by atoms with Gasteiger partial charge in [0.1, 0.15) is 0 Å². The predicted octanol–water partition coefficient (Wildman–Crippen LogP) is 0.0742. The molecule has 0 aromatic carbocycles. The molecule has 0 bridgehead atoms. The van der Waals surface area contributed by atoms with Gasteiger partial charge in [-0.05, 0) is 24.7 Å². The summed E-state index contributed by atoms with van der Waals surface area (Å²) in [5, 5.41) is 3.39. The highest BCUT2D eigenvalue weighted by Crippen LogP contribution is 2.34. The van der Waals surface area contributed by atoms with Crippen LogP contribution in [0.25, 0.3) is 0 Å². The first-order valence-electron chi connectivity index (χ1n) is 5.34. The van der Waals surface area contributed by atoms with Crippen molar-refractivity contribution >= 4 is 5.91 Å².